The normalized spacial score (nSPS) is 15.3. The van der Waals surface area contributed by atoms with Crippen LogP contribution in [0.5, 0.6) is 5.75 Å². The summed E-state index contributed by atoms with van der Waals surface area (Å²) in [4.78, 5) is 12.2. The number of benzene rings is 1. The molecule has 0 heterocycles. The summed E-state index contributed by atoms with van der Waals surface area (Å²) in [6.45, 7) is 2.28. The molecule has 0 aliphatic heterocycles. The van der Waals surface area contributed by atoms with Crippen LogP contribution in [0.25, 0.3) is 6.08 Å². The molecule has 6 heteroatoms. The van der Waals surface area contributed by atoms with Gasteiger partial charge in [-0.1, -0.05) is 36.0 Å². The van der Waals surface area contributed by atoms with E-state index in [0.717, 1.165) is 25.7 Å². The Labute approximate surface area is 146 Å². The molecule has 2 rings (SSSR count). The lowest BCUT2D eigenvalue weighted by Gasteiger charge is -2.11. The van der Waals surface area contributed by atoms with E-state index in [4.69, 9.17) is 27.9 Å². The van der Waals surface area contributed by atoms with Crippen molar-refractivity contribution in [3.05, 3.63) is 33.3 Å². The molecule has 0 saturated heterocycles. The zero-order chi connectivity index (χ0) is 16.8. The predicted octanol–water partition coefficient (Wildman–Crippen LogP) is 4.36. The van der Waals surface area contributed by atoms with Crippen LogP contribution in [0.3, 0.4) is 0 Å². The van der Waals surface area contributed by atoms with Gasteiger partial charge >= 0.3 is 0 Å². The van der Waals surface area contributed by atoms with Gasteiger partial charge in [-0.15, -0.1) is 0 Å². The number of carbonyl (C=O) groups is 1. The second kappa shape index (κ2) is 8.24. The van der Waals surface area contributed by atoms with Crippen molar-refractivity contribution in [2.75, 3.05) is 6.61 Å². The number of halogens is 2. The van der Waals surface area contributed by atoms with E-state index in [1.807, 2.05) is 13.0 Å². The first-order valence-corrected chi connectivity index (χ1v) is 8.35. The summed E-state index contributed by atoms with van der Waals surface area (Å²) in [5.74, 6) is 0.0439. The van der Waals surface area contributed by atoms with Crippen LogP contribution in [0.15, 0.2) is 17.7 Å². The van der Waals surface area contributed by atoms with Gasteiger partial charge in [0.05, 0.1) is 16.7 Å². The van der Waals surface area contributed by atoms with Gasteiger partial charge in [0, 0.05) is 6.04 Å². The monoisotopic (exact) mass is 352 g/mol. The summed E-state index contributed by atoms with van der Waals surface area (Å²) in [7, 11) is 0. The third kappa shape index (κ3) is 4.63. The molecule has 0 spiro atoms. The van der Waals surface area contributed by atoms with Gasteiger partial charge in [-0.05, 0) is 43.5 Å². The minimum atomic E-state index is -0.361. The lowest BCUT2D eigenvalue weighted by Crippen LogP contribution is -2.33. The number of carbonyl (C=O) groups excluding carboxylic acids is 1. The van der Waals surface area contributed by atoms with Crippen LogP contribution < -0.4 is 10.1 Å². The highest BCUT2D eigenvalue weighted by molar-refractivity contribution is 6.37. The van der Waals surface area contributed by atoms with E-state index in [2.05, 4.69) is 5.32 Å². The maximum atomic E-state index is 12.2. The van der Waals surface area contributed by atoms with Crippen molar-refractivity contribution < 1.29 is 9.53 Å². The molecule has 1 aliphatic carbocycles. The molecule has 1 N–H and O–H groups in total. The van der Waals surface area contributed by atoms with Gasteiger partial charge < -0.3 is 10.1 Å². The molecule has 1 aromatic rings. The van der Waals surface area contributed by atoms with Gasteiger partial charge in [0.1, 0.15) is 11.6 Å². The van der Waals surface area contributed by atoms with Crippen LogP contribution in [0.2, 0.25) is 10.0 Å². The Morgan fingerprint density at radius 2 is 2.00 bits per heavy atom. The fraction of sp³-hybridized carbons (Fsp3) is 0.412. The van der Waals surface area contributed by atoms with Crippen molar-refractivity contribution >= 4 is 35.2 Å². The van der Waals surface area contributed by atoms with Gasteiger partial charge in [0.25, 0.3) is 5.91 Å². The summed E-state index contributed by atoms with van der Waals surface area (Å²) in [6, 6.07) is 5.34. The van der Waals surface area contributed by atoms with E-state index in [9.17, 15) is 10.1 Å². The second-order valence-electron chi connectivity index (χ2n) is 5.37. The first-order valence-electron chi connectivity index (χ1n) is 7.59. The minimum absolute atomic E-state index is 0.0354. The fourth-order valence-electron chi connectivity index (χ4n) is 2.59. The largest absolute Gasteiger partial charge is 0.491 e. The van der Waals surface area contributed by atoms with E-state index in [1.165, 1.54) is 6.08 Å². The molecule has 0 bridgehead atoms. The minimum Gasteiger partial charge on any atom is -0.491 e. The van der Waals surface area contributed by atoms with E-state index in [0.29, 0.717) is 28.0 Å². The highest BCUT2D eigenvalue weighted by Crippen LogP contribution is 2.34. The fourth-order valence-corrected chi connectivity index (χ4v) is 3.21. The molecule has 23 heavy (non-hydrogen) atoms. The van der Waals surface area contributed by atoms with Crippen LogP contribution in [-0.2, 0) is 4.79 Å². The quantitative estimate of drug-likeness (QED) is 0.632. The van der Waals surface area contributed by atoms with Crippen LogP contribution >= 0.6 is 23.2 Å². The standard InChI is InChI=1S/C17H18Cl2N2O2/c1-2-23-16-14(18)8-11(9-15(16)19)7-12(10-20)17(22)21-13-5-3-4-6-13/h7-9,13H,2-6H2,1H3,(H,21,22)/b12-7-. The number of nitriles is 1. The van der Waals surface area contributed by atoms with Crippen molar-refractivity contribution in [1.29, 1.82) is 5.26 Å². The number of nitrogens with one attached hydrogen (secondary N) is 1. The molecule has 1 saturated carbocycles. The first kappa shape index (κ1) is 17.7. The zero-order valence-corrected chi connectivity index (χ0v) is 14.4. The Hall–Kier alpha value is -1.70. The Kier molecular flexibility index (Phi) is 6.32. The molecule has 1 aromatic carbocycles. The van der Waals surface area contributed by atoms with Gasteiger partial charge in [0.15, 0.2) is 5.75 Å². The van der Waals surface area contributed by atoms with Gasteiger partial charge in [0.2, 0.25) is 0 Å². The van der Waals surface area contributed by atoms with Crippen molar-refractivity contribution in [3.8, 4) is 11.8 Å². The van der Waals surface area contributed by atoms with E-state index >= 15 is 0 Å². The SMILES string of the molecule is CCOc1c(Cl)cc(/C=C(/C#N)C(=O)NC2CCCC2)cc1Cl. The maximum absolute atomic E-state index is 12.2. The molecule has 0 aromatic heterocycles. The molecule has 1 fully saturated rings. The number of hydrogen-bond acceptors (Lipinski definition) is 3. The van der Waals surface area contributed by atoms with Gasteiger partial charge in [-0.3, -0.25) is 4.79 Å². The van der Waals surface area contributed by atoms with Crippen molar-refractivity contribution in [1.82, 2.24) is 5.32 Å². The Morgan fingerprint density at radius 3 is 2.52 bits per heavy atom. The van der Waals surface area contributed by atoms with Crippen LogP contribution in [0.1, 0.15) is 38.2 Å². The van der Waals surface area contributed by atoms with E-state index in [-0.39, 0.29) is 17.5 Å². The third-order valence-electron chi connectivity index (χ3n) is 3.68. The lowest BCUT2D eigenvalue weighted by molar-refractivity contribution is -0.117. The third-order valence-corrected chi connectivity index (χ3v) is 4.24. The molecule has 0 atom stereocenters. The lowest BCUT2D eigenvalue weighted by atomic mass is 10.1. The number of amides is 1. The summed E-state index contributed by atoms with van der Waals surface area (Å²) < 4.78 is 5.36. The average molecular weight is 353 g/mol. The Morgan fingerprint density at radius 1 is 1.39 bits per heavy atom. The predicted molar refractivity (Wildman–Crippen MR) is 91.6 cm³/mol. The second-order valence-corrected chi connectivity index (χ2v) is 6.19. The Bertz CT molecular complexity index is 636. The van der Waals surface area contributed by atoms with Crippen molar-refractivity contribution in [2.45, 2.75) is 38.6 Å². The molecule has 0 radical (unpaired) electrons. The molecule has 0 unspecified atom stereocenters. The zero-order valence-electron chi connectivity index (χ0n) is 12.9. The highest BCUT2D eigenvalue weighted by Gasteiger charge is 2.19. The highest BCUT2D eigenvalue weighted by atomic mass is 35.5. The maximum Gasteiger partial charge on any atom is 0.262 e. The first-order chi connectivity index (χ1) is 11.0. The van der Waals surface area contributed by atoms with Crippen LogP contribution in [-0.4, -0.2) is 18.6 Å². The summed E-state index contributed by atoms with van der Waals surface area (Å²) in [6.07, 6.45) is 5.63. The number of nitrogens with zero attached hydrogens (tertiary/aromatic N) is 1. The average Bonchev–Trinajstić information content (AvgIpc) is 3.01. The van der Waals surface area contributed by atoms with Gasteiger partial charge in [-0.25, -0.2) is 0 Å². The molecule has 4 nitrogen and oxygen atoms in total. The van der Waals surface area contributed by atoms with Crippen molar-refractivity contribution in [3.63, 3.8) is 0 Å². The molecule has 1 aliphatic rings. The summed E-state index contributed by atoms with van der Waals surface area (Å²) in [5.41, 5.74) is 0.620. The Balaban J connectivity index is 2.20. The van der Waals surface area contributed by atoms with Gasteiger partial charge in [-0.2, -0.15) is 5.26 Å². The number of ether oxygens (including phenoxy) is 1. The number of hydrogen-bond donors (Lipinski definition) is 1. The van der Waals surface area contributed by atoms with Crippen molar-refractivity contribution in [2.24, 2.45) is 0 Å². The summed E-state index contributed by atoms with van der Waals surface area (Å²) >= 11 is 12.3. The van der Waals surface area contributed by atoms with E-state index in [1.54, 1.807) is 12.1 Å². The van der Waals surface area contributed by atoms with Crippen LogP contribution in [0, 0.1) is 11.3 Å². The number of rotatable bonds is 5. The van der Waals surface area contributed by atoms with E-state index < -0.39 is 0 Å². The molecular weight excluding hydrogens is 335 g/mol. The summed E-state index contributed by atoms with van der Waals surface area (Å²) in [5, 5.41) is 12.8. The smallest absolute Gasteiger partial charge is 0.262 e. The molecule has 122 valence electrons. The topological polar surface area (TPSA) is 62.1 Å². The molecule has 1 amide bonds. The van der Waals surface area contributed by atoms with Crippen LogP contribution in [0.4, 0.5) is 0 Å². The molecular formula is C17H18Cl2N2O2.